The van der Waals surface area contributed by atoms with E-state index in [1.54, 1.807) is 18.4 Å². The predicted molar refractivity (Wildman–Crippen MR) is 123 cm³/mol. The van der Waals surface area contributed by atoms with E-state index < -0.39 is 0 Å². The Morgan fingerprint density at radius 2 is 1.87 bits per heavy atom. The Morgan fingerprint density at radius 1 is 1.07 bits per heavy atom. The molecular formula is C24H29N3O2S. The number of hydrogen-bond donors (Lipinski definition) is 0. The maximum absolute atomic E-state index is 5.47. The van der Waals surface area contributed by atoms with Crippen LogP contribution in [-0.4, -0.2) is 49.4 Å². The first-order valence-corrected chi connectivity index (χ1v) is 11.3. The fourth-order valence-electron chi connectivity index (χ4n) is 3.65. The van der Waals surface area contributed by atoms with Crippen molar-refractivity contribution in [3.05, 3.63) is 64.3 Å². The highest BCUT2D eigenvalue weighted by Gasteiger charge is 2.12. The second-order valence-corrected chi connectivity index (χ2v) is 8.38. The van der Waals surface area contributed by atoms with Crippen molar-refractivity contribution < 1.29 is 9.47 Å². The van der Waals surface area contributed by atoms with Crippen LogP contribution in [0.1, 0.15) is 12.0 Å². The Labute approximate surface area is 182 Å². The third-order valence-corrected chi connectivity index (χ3v) is 6.25. The highest BCUT2D eigenvalue weighted by molar-refractivity contribution is 7.07. The zero-order chi connectivity index (χ0) is 20.8. The minimum atomic E-state index is 0.842. The number of methoxy groups -OCH3 is 1. The van der Waals surface area contributed by atoms with Crippen molar-refractivity contribution in [3.63, 3.8) is 0 Å². The van der Waals surface area contributed by atoms with Crippen LogP contribution in [0.3, 0.4) is 0 Å². The number of benzene rings is 2. The molecule has 0 spiro atoms. The molecule has 0 radical (unpaired) electrons. The Bertz CT molecular complexity index is 1020. The van der Waals surface area contributed by atoms with E-state index in [4.69, 9.17) is 14.5 Å². The minimum Gasteiger partial charge on any atom is -0.497 e. The van der Waals surface area contributed by atoms with Crippen LogP contribution in [0.2, 0.25) is 0 Å². The van der Waals surface area contributed by atoms with Gasteiger partial charge in [0.2, 0.25) is 0 Å². The lowest BCUT2D eigenvalue weighted by Gasteiger charge is -2.26. The van der Waals surface area contributed by atoms with Gasteiger partial charge in [-0.3, -0.25) is 4.90 Å². The van der Waals surface area contributed by atoms with Gasteiger partial charge in [-0.1, -0.05) is 29.8 Å². The number of aromatic nitrogens is 1. The van der Waals surface area contributed by atoms with E-state index in [0.717, 1.165) is 67.6 Å². The summed E-state index contributed by atoms with van der Waals surface area (Å²) in [7, 11) is 1.71. The van der Waals surface area contributed by atoms with E-state index in [-0.39, 0.29) is 0 Å². The van der Waals surface area contributed by atoms with Crippen LogP contribution in [0.25, 0.3) is 11.3 Å². The minimum absolute atomic E-state index is 0.842. The average molecular weight is 424 g/mol. The highest BCUT2D eigenvalue weighted by atomic mass is 32.1. The number of morpholine rings is 1. The smallest absolute Gasteiger partial charge is 0.190 e. The number of thiazole rings is 1. The van der Waals surface area contributed by atoms with Crippen molar-refractivity contribution in [2.45, 2.75) is 19.9 Å². The molecule has 4 rings (SSSR count). The zero-order valence-corrected chi connectivity index (χ0v) is 18.5. The number of nitrogens with zero attached hydrogens (tertiary/aromatic N) is 3. The quantitative estimate of drug-likeness (QED) is 0.562. The van der Waals surface area contributed by atoms with Crippen LogP contribution in [-0.2, 0) is 11.3 Å². The lowest BCUT2D eigenvalue weighted by atomic mass is 10.1. The van der Waals surface area contributed by atoms with Crippen LogP contribution in [0, 0.1) is 6.92 Å². The summed E-state index contributed by atoms with van der Waals surface area (Å²) in [5.41, 5.74) is 4.58. The largest absolute Gasteiger partial charge is 0.497 e. The summed E-state index contributed by atoms with van der Waals surface area (Å²) < 4.78 is 13.3. The predicted octanol–water partition coefficient (Wildman–Crippen LogP) is 4.49. The van der Waals surface area contributed by atoms with Gasteiger partial charge in [0.15, 0.2) is 4.80 Å². The maximum atomic E-state index is 5.47. The van der Waals surface area contributed by atoms with Crippen molar-refractivity contribution in [2.24, 2.45) is 4.99 Å². The SMILES string of the molecule is COc1cccc(-c2csc(=Nc3ccc(C)cc3)n2CCCN2CCOCC2)c1. The molecule has 0 saturated carbocycles. The second-order valence-electron chi connectivity index (χ2n) is 7.54. The van der Waals surface area contributed by atoms with Gasteiger partial charge in [0, 0.05) is 37.1 Å². The molecule has 158 valence electrons. The molecule has 1 fully saturated rings. The van der Waals surface area contributed by atoms with E-state index >= 15 is 0 Å². The number of hydrogen-bond acceptors (Lipinski definition) is 5. The number of ether oxygens (including phenoxy) is 2. The molecule has 0 N–H and O–H groups in total. The first-order valence-electron chi connectivity index (χ1n) is 10.5. The first kappa shape index (κ1) is 20.8. The summed E-state index contributed by atoms with van der Waals surface area (Å²) in [4.78, 5) is 8.46. The lowest BCUT2D eigenvalue weighted by Crippen LogP contribution is -2.37. The van der Waals surface area contributed by atoms with Gasteiger partial charge in [-0.2, -0.15) is 0 Å². The molecule has 2 heterocycles. The Morgan fingerprint density at radius 3 is 2.63 bits per heavy atom. The molecule has 0 aliphatic carbocycles. The molecule has 2 aromatic carbocycles. The van der Waals surface area contributed by atoms with Crippen molar-refractivity contribution in [2.75, 3.05) is 40.0 Å². The van der Waals surface area contributed by atoms with Gasteiger partial charge in [-0.25, -0.2) is 4.99 Å². The van der Waals surface area contributed by atoms with Gasteiger partial charge in [0.1, 0.15) is 5.75 Å². The summed E-state index contributed by atoms with van der Waals surface area (Å²) in [6.07, 6.45) is 1.08. The van der Waals surface area contributed by atoms with E-state index in [0.29, 0.717) is 0 Å². The molecule has 1 aliphatic rings. The maximum Gasteiger partial charge on any atom is 0.190 e. The molecule has 0 bridgehead atoms. The fourth-order valence-corrected chi connectivity index (χ4v) is 4.61. The van der Waals surface area contributed by atoms with Gasteiger partial charge in [-0.15, -0.1) is 11.3 Å². The van der Waals surface area contributed by atoms with Gasteiger partial charge in [0.05, 0.1) is 31.7 Å². The van der Waals surface area contributed by atoms with Crippen molar-refractivity contribution in [1.82, 2.24) is 9.47 Å². The number of aryl methyl sites for hydroxylation is 1. The highest BCUT2D eigenvalue weighted by Crippen LogP contribution is 2.25. The van der Waals surface area contributed by atoms with Crippen molar-refractivity contribution in [1.29, 1.82) is 0 Å². The van der Waals surface area contributed by atoms with Crippen LogP contribution in [0.15, 0.2) is 58.9 Å². The zero-order valence-electron chi connectivity index (χ0n) is 17.7. The van der Waals surface area contributed by atoms with Crippen molar-refractivity contribution in [3.8, 4) is 17.0 Å². The van der Waals surface area contributed by atoms with Gasteiger partial charge in [-0.05, 0) is 37.6 Å². The summed E-state index contributed by atoms with van der Waals surface area (Å²) in [6, 6.07) is 16.6. The lowest BCUT2D eigenvalue weighted by molar-refractivity contribution is 0.0369. The van der Waals surface area contributed by atoms with Crippen LogP contribution in [0.5, 0.6) is 5.75 Å². The van der Waals surface area contributed by atoms with E-state index in [2.05, 4.69) is 58.2 Å². The van der Waals surface area contributed by atoms with E-state index in [1.807, 2.05) is 12.1 Å². The number of rotatable bonds is 7. The van der Waals surface area contributed by atoms with Gasteiger partial charge < -0.3 is 14.0 Å². The molecular weight excluding hydrogens is 394 g/mol. The topological polar surface area (TPSA) is 39.0 Å². The summed E-state index contributed by atoms with van der Waals surface area (Å²) >= 11 is 1.69. The first-order chi connectivity index (χ1) is 14.7. The average Bonchev–Trinajstić information content (AvgIpc) is 3.18. The van der Waals surface area contributed by atoms with Gasteiger partial charge >= 0.3 is 0 Å². The molecule has 0 atom stereocenters. The van der Waals surface area contributed by atoms with E-state index in [1.165, 1.54) is 11.3 Å². The molecule has 0 amide bonds. The third-order valence-electron chi connectivity index (χ3n) is 5.38. The second kappa shape index (κ2) is 10.1. The molecule has 0 unspecified atom stereocenters. The Balaban J connectivity index is 1.63. The Kier molecular flexibility index (Phi) is 7.00. The normalized spacial score (nSPS) is 15.5. The molecule has 3 aromatic rings. The van der Waals surface area contributed by atoms with Crippen LogP contribution in [0.4, 0.5) is 5.69 Å². The van der Waals surface area contributed by atoms with Gasteiger partial charge in [0.25, 0.3) is 0 Å². The summed E-state index contributed by atoms with van der Waals surface area (Å²) in [5.74, 6) is 0.871. The van der Waals surface area contributed by atoms with Crippen LogP contribution >= 0.6 is 11.3 Å². The molecule has 5 nitrogen and oxygen atoms in total. The third kappa shape index (κ3) is 5.19. The van der Waals surface area contributed by atoms with E-state index in [9.17, 15) is 0 Å². The van der Waals surface area contributed by atoms with Crippen molar-refractivity contribution >= 4 is 17.0 Å². The molecule has 1 saturated heterocycles. The molecule has 6 heteroatoms. The molecule has 1 aromatic heterocycles. The molecule has 1 aliphatic heterocycles. The molecule has 30 heavy (non-hydrogen) atoms. The monoisotopic (exact) mass is 423 g/mol. The standard InChI is InChI=1S/C24H29N3O2S/c1-19-7-9-21(10-8-19)25-24-27(12-4-11-26-13-15-29-16-14-26)23(18-30-24)20-5-3-6-22(17-20)28-2/h3,5-10,17-18H,4,11-16H2,1-2H3. The Hall–Kier alpha value is -2.41. The summed E-state index contributed by atoms with van der Waals surface area (Å²) in [5, 5.41) is 2.20. The van der Waals surface area contributed by atoms with Crippen LogP contribution < -0.4 is 9.54 Å². The summed E-state index contributed by atoms with van der Waals surface area (Å²) in [6.45, 7) is 7.84. The fraction of sp³-hybridized carbons (Fsp3) is 0.375.